The molecule has 3 unspecified atom stereocenters. The molecule has 0 bridgehead atoms. The summed E-state index contributed by atoms with van der Waals surface area (Å²) in [6.07, 6.45) is 4.72. The number of hydrogen-bond acceptors (Lipinski definition) is 1. The van der Waals surface area contributed by atoms with Crippen LogP contribution in [0.15, 0.2) is 24.3 Å². The number of carbonyl (C=O) groups is 1. The molecule has 3 rings (SSSR count). The number of rotatable bonds is 4. The monoisotopic (exact) mass is 271 g/mol. The molecule has 0 heterocycles. The first-order valence-corrected chi connectivity index (χ1v) is 7.94. The molecule has 1 amide bonds. The second-order valence-electron chi connectivity index (χ2n) is 6.85. The third kappa shape index (κ3) is 2.25. The molecule has 1 N–H and O–H groups in total. The highest BCUT2D eigenvalue weighted by atomic mass is 16.1. The van der Waals surface area contributed by atoms with Crippen LogP contribution in [0, 0.1) is 11.3 Å². The maximum Gasteiger partial charge on any atom is 0.220 e. The van der Waals surface area contributed by atoms with Crippen molar-refractivity contribution < 1.29 is 4.79 Å². The van der Waals surface area contributed by atoms with Gasteiger partial charge in [0.25, 0.3) is 0 Å². The van der Waals surface area contributed by atoms with Crippen molar-refractivity contribution >= 4 is 5.91 Å². The largest absolute Gasteiger partial charge is 0.350 e. The minimum Gasteiger partial charge on any atom is -0.350 e. The van der Waals surface area contributed by atoms with Gasteiger partial charge in [0.1, 0.15) is 0 Å². The molecular weight excluding hydrogens is 246 g/mol. The highest BCUT2D eigenvalue weighted by molar-refractivity contribution is 5.75. The van der Waals surface area contributed by atoms with Crippen LogP contribution >= 0.6 is 0 Å². The summed E-state index contributed by atoms with van der Waals surface area (Å²) in [6.45, 7) is 6.39. The summed E-state index contributed by atoms with van der Waals surface area (Å²) in [4.78, 5) is 11.5. The maximum atomic E-state index is 11.5. The minimum absolute atomic E-state index is 0.101. The summed E-state index contributed by atoms with van der Waals surface area (Å²) >= 11 is 0. The van der Waals surface area contributed by atoms with Crippen molar-refractivity contribution in [3.05, 3.63) is 35.4 Å². The molecule has 1 aromatic rings. The molecule has 2 aliphatic rings. The average Bonchev–Trinajstić information content (AvgIpc) is 3.00. The number of benzene rings is 1. The first-order chi connectivity index (χ1) is 9.54. The van der Waals surface area contributed by atoms with Crippen molar-refractivity contribution in [3.63, 3.8) is 0 Å². The first kappa shape index (κ1) is 13.7. The number of hydrogen-bond donors (Lipinski definition) is 1. The normalized spacial score (nSPS) is 32.5. The van der Waals surface area contributed by atoms with Gasteiger partial charge in [-0.05, 0) is 54.6 Å². The van der Waals surface area contributed by atoms with Crippen LogP contribution in [0.5, 0.6) is 0 Å². The fourth-order valence-electron chi connectivity index (χ4n) is 4.02. The molecule has 0 radical (unpaired) electrons. The highest BCUT2D eigenvalue weighted by Gasteiger charge is 2.59. The van der Waals surface area contributed by atoms with E-state index in [1.807, 2.05) is 6.92 Å². The topological polar surface area (TPSA) is 29.1 Å². The van der Waals surface area contributed by atoms with Crippen molar-refractivity contribution in [1.29, 1.82) is 0 Å². The summed E-state index contributed by atoms with van der Waals surface area (Å²) in [5.41, 5.74) is 3.28. The Morgan fingerprint density at radius 1 is 1.35 bits per heavy atom. The van der Waals surface area contributed by atoms with E-state index in [2.05, 4.69) is 43.4 Å². The molecule has 0 aromatic heterocycles. The molecular formula is C18H25NO. The van der Waals surface area contributed by atoms with E-state index in [4.69, 9.17) is 0 Å². The van der Waals surface area contributed by atoms with E-state index < -0.39 is 0 Å². The van der Waals surface area contributed by atoms with Crippen molar-refractivity contribution in [2.75, 3.05) is 0 Å². The molecule has 1 aromatic carbocycles. The van der Waals surface area contributed by atoms with E-state index in [0.717, 1.165) is 11.8 Å². The van der Waals surface area contributed by atoms with Crippen LogP contribution in [-0.2, 0) is 4.79 Å². The van der Waals surface area contributed by atoms with Crippen molar-refractivity contribution in [1.82, 2.24) is 5.32 Å². The van der Waals surface area contributed by atoms with E-state index in [1.165, 1.54) is 30.4 Å². The van der Waals surface area contributed by atoms with Gasteiger partial charge in [-0.2, -0.15) is 0 Å². The van der Waals surface area contributed by atoms with E-state index >= 15 is 0 Å². The van der Waals surface area contributed by atoms with E-state index in [9.17, 15) is 4.79 Å². The Morgan fingerprint density at radius 2 is 2.05 bits per heavy atom. The summed E-state index contributed by atoms with van der Waals surface area (Å²) in [7, 11) is 0. The lowest BCUT2D eigenvalue weighted by Crippen LogP contribution is -2.25. The zero-order valence-electron chi connectivity index (χ0n) is 12.8. The van der Waals surface area contributed by atoms with Crippen LogP contribution in [0.25, 0.3) is 0 Å². The van der Waals surface area contributed by atoms with E-state index in [-0.39, 0.29) is 11.9 Å². The first-order valence-electron chi connectivity index (χ1n) is 7.94. The van der Waals surface area contributed by atoms with Gasteiger partial charge in [-0.25, -0.2) is 0 Å². The predicted molar refractivity (Wildman–Crippen MR) is 81.5 cm³/mol. The van der Waals surface area contributed by atoms with Gasteiger partial charge in [-0.1, -0.05) is 38.1 Å². The van der Waals surface area contributed by atoms with Gasteiger partial charge in [-0.3, -0.25) is 4.79 Å². The standard InChI is InChI=1S/C18H25NO/c1-4-17(20)19-12(2)13-5-7-14(8-6-13)16-10-9-15-11-18(15,16)3/h5-8,12,15-16H,4,9-11H2,1-3H3,(H,19,20)/t12-,15?,16?,18?/m0/s1. The Hall–Kier alpha value is -1.31. The van der Waals surface area contributed by atoms with Crippen molar-refractivity contribution in [2.45, 2.75) is 58.4 Å². The zero-order valence-corrected chi connectivity index (χ0v) is 12.8. The summed E-state index contributed by atoms with van der Waals surface area (Å²) < 4.78 is 0. The fraction of sp³-hybridized carbons (Fsp3) is 0.611. The SMILES string of the molecule is CCC(=O)N[C@@H](C)c1ccc(C2CCC3CC32C)cc1. The number of amides is 1. The Labute approximate surface area is 122 Å². The quantitative estimate of drug-likeness (QED) is 0.874. The maximum absolute atomic E-state index is 11.5. The molecule has 0 aliphatic heterocycles. The molecule has 108 valence electrons. The van der Waals surface area contributed by atoms with Crippen LogP contribution in [0.3, 0.4) is 0 Å². The summed E-state index contributed by atoms with van der Waals surface area (Å²) in [5.74, 6) is 1.85. The van der Waals surface area contributed by atoms with E-state index in [1.54, 1.807) is 0 Å². The van der Waals surface area contributed by atoms with Gasteiger partial charge in [0, 0.05) is 6.42 Å². The van der Waals surface area contributed by atoms with Crippen molar-refractivity contribution in [3.8, 4) is 0 Å². The van der Waals surface area contributed by atoms with Gasteiger partial charge in [-0.15, -0.1) is 0 Å². The highest BCUT2D eigenvalue weighted by Crippen LogP contribution is 2.69. The van der Waals surface area contributed by atoms with E-state index in [0.29, 0.717) is 11.8 Å². The van der Waals surface area contributed by atoms with Crippen LogP contribution in [0.1, 0.15) is 69.5 Å². The fourth-order valence-corrected chi connectivity index (χ4v) is 4.02. The number of nitrogens with one attached hydrogen (secondary N) is 1. The lowest BCUT2D eigenvalue weighted by molar-refractivity contribution is -0.121. The van der Waals surface area contributed by atoms with Gasteiger partial charge in [0.2, 0.25) is 5.91 Å². The van der Waals surface area contributed by atoms with Crippen molar-refractivity contribution in [2.24, 2.45) is 11.3 Å². The minimum atomic E-state index is 0.101. The Balaban J connectivity index is 1.70. The van der Waals surface area contributed by atoms with Gasteiger partial charge < -0.3 is 5.32 Å². The summed E-state index contributed by atoms with van der Waals surface area (Å²) in [6, 6.07) is 9.04. The molecule has 2 aliphatic carbocycles. The molecule has 2 heteroatoms. The van der Waals surface area contributed by atoms with Crippen LogP contribution in [0.2, 0.25) is 0 Å². The van der Waals surface area contributed by atoms with Gasteiger partial charge in [0.15, 0.2) is 0 Å². The van der Waals surface area contributed by atoms with Crippen LogP contribution in [-0.4, -0.2) is 5.91 Å². The lowest BCUT2D eigenvalue weighted by atomic mass is 9.85. The second-order valence-corrected chi connectivity index (χ2v) is 6.85. The number of carbonyl (C=O) groups excluding carboxylic acids is 1. The predicted octanol–water partition coefficient (Wildman–Crippen LogP) is 4.18. The number of fused-ring (bicyclic) bond motifs is 1. The van der Waals surface area contributed by atoms with Crippen LogP contribution in [0.4, 0.5) is 0 Å². The Bertz CT molecular complexity index is 505. The molecule has 4 atom stereocenters. The third-order valence-corrected chi connectivity index (χ3v) is 5.60. The molecule has 2 fully saturated rings. The molecule has 20 heavy (non-hydrogen) atoms. The molecule has 0 spiro atoms. The molecule has 2 saturated carbocycles. The smallest absolute Gasteiger partial charge is 0.220 e. The summed E-state index contributed by atoms with van der Waals surface area (Å²) in [5, 5.41) is 3.02. The Kier molecular flexibility index (Phi) is 3.35. The van der Waals surface area contributed by atoms with Gasteiger partial charge in [0.05, 0.1) is 6.04 Å². The van der Waals surface area contributed by atoms with Gasteiger partial charge >= 0.3 is 0 Å². The third-order valence-electron chi connectivity index (χ3n) is 5.60. The van der Waals surface area contributed by atoms with Crippen LogP contribution < -0.4 is 5.32 Å². The Morgan fingerprint density at radius 3 is 2.55 bits per heavy atom. The average molecular weight is 271 g/mol. The molecule has 2 nitrogen and oxygen atoms in total. The lowest BCUT2D eigenvalue weighted by Gasteiger charge is -2.21. The second kappa shape index (κ2) is 4.91. The molecule has 0 saturated heterocycles. The zero-order chi connectivity index (χ0) is 14.3.